The van der Waals surface area contributed by atoms with Gasteiger partial charge in [0.2, 0.25) is 0 Å². The van der Waals surface area contributed by atoms with Crippen molar-refractivity contribution < 1.29 is 9.53 Å². The predicted molar refractivity (Wildman–Crippen MR) is 79.5 cm³/mol. The predicted octanol–water partition coefficient (Wildman–Crippen LogP) is 3.29. The summed E-state index contributed by atoms with van der Waals surface area (Å²) in [4.78, 5) is 12.0. The van der Waals surface area contributed by atoms with E-state index in [9.17, 15) is 4.79 Å². The summed E-state index contributed by atoms with van der Waals surface area (Å²) in [5, 5.41) is 3.38. The maximum Gasteiger partial charge on any atom is 0.291 e. The number of nitrogens with two attached hydrogens (primary N) is 1. The van der Waals surface area contributed by atoms with Crippen LogP contribution in [0.2, 0.25) is 5.02 Å². The molecule has 0 aromatic heterocycles. The van der Waals surface area contributed by atoms with Crippen molar-refractivity contribution in [1.82, 2.24) is 0 Å². The molecule has 2 aromatic carbocycles. The van der Waals surface area contributed by atoms with Gasteiger partial charge in [0.05, 0.1) is 5.69 Å². The van der Waals surface area contributed by atoms with Crippen molar-refractivity contribution in [2.24, 2.45) is 0 Å². The van der Waals surface area contributed by atoms with E-state index in [1.165, 1.54) is 0 Å². The second-order valence-corrected chi connectivity index (χ2v) is 4.81. The zero-order valence-corrected chi connectivity index (χ0v) is 11.1. The van der Waals surface area contributed by atoms with Crippen LogP contribution in [0.15, 0.2) is 48.2 Å². The average Bonchev–Trinajstić information content (AvgIpc) is 2.42. The van der Waals surface area contributed by atoms with Gasteiger partial charge in [-0.1, -0.05) is 23.7 Å². The molecule has 0 spiro atoms. The fraction of sp³-hybridized carbons (Fsp3) is 0. The zero-order chi connectivity index (χ0) is 14.1. The number of carbonyl (C=O) groups excluding carboxylic acids is 1. The highest BCUT2D eigenvalue weighted by Crippen LogP contribution is 2.32. The second kappa shape index (κ2) is 4.90. The van der Waals surface area contributed by atoms with Gasteiger partial charge in [-0.05, 0) is 42.0 Å². The van der Waals surface area contributed by atoms with E-state index >= 15 is 0 Å². The zero-order valence-electron chi connectivity index (χ0n) is 10.4. The Morgan fingerprint density at radius 1 is 1.15 bits per heavy atom. The summed E-state index contributed by atoms with van der Waals surface area (Å²) < 4.78 is 5.59. The standard InChI is InChI=1S/C15H11ClN2O2/c16-10-3-1-9(2-4-10)7-14-15(19)18-12-8-11(17)5-6-13(12)20-14/h1-8H,17H2,(H,18,19)/b14-7+. The highest BCUT2D eigenvalue weighted by Gasteiger charge is 2.21. The maximum atomic E-state index is 12.0. The number of nitrogen functional groups attached to an aromatic ring is 1. The van der Waals surface area contributed by atoms with Gasteiger partial charge >= 0.3 is 0 Å². The number of fused-ring (bicyclic) bond motifs is 1. The van der Waals surface area contributed by atoms with Gasteiger partial charge in [-0.2, -0.15) is 0 Å². The van der Waals surface area contributed by atoms with Crippen molar-refractivity contribution in [3.8, 4) is 5.75 Å². The molecule has 0 saturated carbocycles. The largest absolute Gasteiger partial charge is 0.449 e. The topological polar surface area (TPSA) is 64.3 Å². The van der Waals surface area contributed by atoms with Gasteiger partial charge in [-0.25, -0.2) is 0 Å². The molecule has 1 amide bonds. The van der Waals surface area contributed by atoms with E-state index < -0.39 is 0 Å². The Labute approximate surface area is 120 Å². The maximum absolute atomic E-state index is 12.0. The van der Waals surface area contributed by atoms with Crippen LogP contribution in [0, 0.1) is 0 Å². The van der Waals surface area contributed by atoms with E-state index in [4.69, 9.17) is 22.1 Å². The highest BCUT2D eigenvalue weighted by molar-refractivity contribution is 6.30. The Balaban J connectivity index is 1.94. The molecular weight excluding hydrogens is 276 g/mol. The van der Waals surface area contributed by atoms with E-state index in [1.54, 1.807) is 36.4 Å². The van der Waals surface area contributed by atoms with Crippen LogP contribution in [-0.2, 0) is 4.79 Å². The second-order valence-electron chi connectivity index (χ2n) is 4.37. The van der Waals surface area contributed by atoms with Crippen LogP contribution >= 0.6 is 11.6 Å². The number of hydrogen-bond acceptors (Lipinski definition) is 3. The van der Waals surface area contributed by atoms with E-state index in [1.807, 2.05) is 12.1 Å². The third-order valence-electron chi connectivity index (χ3n) is 2.86. The molecule has 0 aliphatic carbocycles. The third kappa shape index (κ3) is 2.46. The lowest BCUT2D eigenvalue weighted by atomic mass is 10.1. The molecule has 0 atom stereocenters. The number of hydrogen-bond donors (Lipinski definition) is 2. The molecular formula is C15H11ClN2O2. The molecule has 1 aliphatic rings. The molecule has 0 bridgehead atoms. The van der Waals surface area contributed by atoms with Crippen molar-refractivity contribution in [2.75, 3.05) is 11.1 Å². The Kier molecular flexibility index (Phi) is 3.08. The summed E-state index contributed by atoms with van der Waals surface area (Å²) >= 11 is 5.82. The molecule has 0 radical (unpaired) electrons. The summed E-state index contributed by atoms with van der Waals surface area (Å²) in [6.07, 6.45) is 1.66. The van der Waals surface area contributed by atoms with Gasteiger partial charge in [-0.15, -0.1) is 0 Å². The van der Waals surface area contributed by atoms with E-state index in [0.29, 0.717) is 22.1 Å². The smallest absolute Gasteiger partial charge is 0.291 e. The number of carbonyl (C=O) groups is 1. The molecule has 1 aliphatic heterocycles. The lowest BCUT2D eigenvalue weighted by molar-refractivity contribution is -0.115. The van der Waals surface area contributed by atoms with Crippen molar-refractivity contribution in [1.29, 1.82) is 0 Å². The lowest BCUT2D eigenvalue weighted by Gasteiger charge is -2.20. The molecule has 0 unspecified atom stereocenters. The quantitative estimate of drug-likeness (QED) is 0.624. The molecule has 100 valence electrons. The Morgan fingerprint density at radius 3 is 2.65 bits per heavy atom. The van der Waals surface area contributed by atoms with Crippen LogP contribution in [-0.4, -0.2) is 5.91 Å². The van der Waals surface area contributed by atoms with Crippen LogP contribution in [0.4, 0.5) is 11.4 Å². The van der Waals surface area contributed by atoms with Gasteiger partial charge in [0.25, 0.3) is 5.91 Å². The third-order valence-corrected chi connectivity index (χ3v) is 3.12. The molecule has 2 aromatic rings. The highest BCUT2D eigenvalue weighted by atomic mass is 35.5. The fourth-order valence-corrected chi connectivity index (χ4v) is 2.01. The van der Waals surface area contributed by atoms with Crippen LogP contribution in [0.3, 0.4) is 0 Å². The number of rotatable bonds is 1. The van der Waals surface area contributed by atoms with Crippen LogP contribution in [0.25, 0.3) is 6.08 Å². The normalized spacial score (nSPS) is 15.4. The number of nitrogens with one attached hydrogen (secondary N) is 1. The van der Waals surface area contributed by atoms with E-state index in [2.05, 4.69) is 5.32 Å². The van der Waals surface area contributed by atoms with Crippen LogP contribution in [0.1, 0.15) is 5.56 Å². The minimum atomic E-state index is -0.307. The average molecular weight is 287 g/mol. The first kappa shape index (κ1) is 12.6. The molecule has 20 heavy (non-hydrogen) atoms. The fourth-order valence-electron chi connectivity index (χ4n) is 1.89. The van der Waals surface area contributed by atoms with Crippen LogP contribution < -0.4 is 15.8 Å². The number of anilines is 2. The Bertz CT molecular complexity index is 708. The van der Waals surface area contributed by atoms with Crippen molar-refractivity contribution in [3.63, 3.8) is 0 Å². The summed E-state index contributed by atoms with van der Waals surface area (Å²) in [5.74, 6) is 0.488. The first-order valence-electron chi connectivity index (χ1n) is 5.98. The number of amides is 1. The molecule has 4 nitrogen and oxygen atoms in total. The first-order valence-corrected chi connectivity index (χ1v) is 6.35. The summed E-state index contributed by atoms with van der Waals surface area (Å²) in [6, 6.07) is 12.2. The molecule has 3 rings (SSSR count). The number of ether oxygens (including phenoxy) is 1. The van der Waals surface area contributed by atoms with Gasteiger partial charge in [0.15, 0.2) is 11.5 Å². The molecule has 0 fully saturated rings. The minimum Gasteiger partial charge on any atom is -0.449 e. The summed E-state index contributed by atoms with van der Waals surface area (Å²) in [5.41, 5.74) is 7.64. The molecule has 3 N–H and O–H groups in total. The Hall–Kier alpha value is -2.46. The van der Waals surface area contributed by atoms with Crippen LogP contribution in [0.5, 0.6) is 5.75 Å². The van der Waals surface area contributed by atoms with Gasteiger partial charge in [0.1, 0.15) is 0 Å². The number of benzene rings is 2. The molecule has 5 heteroatoms. The van der Waals surface area contributed by atoms with Crippen molar-refractivity contribution in [3.05, 3.63) is 58.8 Å². The minimum absolute atomic E-state index is 0.226. The lowest BCUT2D eigenvalue weighted by Crippen LogP contribution is -2.23. The molecule has 0 saturated heterocycles. The van der Waals surface area contributed by atoms with Crippen molar-refractivity contribution >= 4 is 35.0 Å². The number of halogens is 1. The van der Waals surface area contributed by atoms with Crippen molar-refractivity contribution in [2.45, 2.75) is 0 Å². The monoisotopic (exact) mass is 286 g/mol. The summed E-state index contributed by atoms with van der Waals surface area (Å²) in [6.45, 7) is 0. The van der Waals surface area contributed by atoms with E-state index in [0.717, 1.165) is 5.56 Å². The van der Waals surface area contributed by atoms with Gasteiger partial charge in [-0.3, -0.25) is 4.79 Å². The van der Waals surface area contributed by atoms with Gasteiger partial charge in [0, 0.05) is 10.7 Å². The Morgan fingerprint density at radius 2 is 1.90 bits per heavy atom. The van der Waals surface area contributed by atoms with Gasteiger partial charge < -0.3 is 15.8 Å². The summed E-state index contributed by atoms with van der Waals surface area (Å²) in [7, 11) is 0. The molecule has 1 heterocycles. The SMILES string of the molecule is Nc1ccc2c(c1)NC(=O)/C(=C\c1ccc(Cl)cc1)O2. The first-order chi connectivity index (χ1) is 9.61. The van der Waals surface area contributed by atoms with E-state index in [-0.39, 0.29) is 11.7 Å².